The fourth-order valence-corrected chi connectivity index (χ4v) is 5.86. The van der Waals surface area contributed by atoms with E-state index in [1.807, 2.05) is 0 Å². The lowest BCUT2D eigenvalue weighted by molar-refractivity contribution is -0.132. The smallest absolute Gasteiger partial charge is 0.264 e. The number of likely N-dealkylation sites (tertiary alicyclic amines) is 1. The summed E-state index contributed by atoms with van der Waals surface area (Å²) >= 11 is 0. The predicted molar refractivity (Wildman–Crippen MR) is 141 cm³/mol. The molecule has 1 saturated heterocycles. The maximum Gasteiger partial charge on any atom is 0.264 e. The lowest BCUT2D eigenvalue weighted by atomic mass is 9.86. The van der Waals surface area contributed by atoms with Gasteiger partial charge in [-0.05, 0) is 67.4 Å². The fraction of sp³-hybridized carbons (Fsp3) is 0.467. The lowest BCUT2D eigenvalue weighted by Gasteiger charge is -2.33. The van der Waals surface area contributed by atoms with Crippen LogP contribution in [0.3, 0.4) is 0 Å². The highest BCUT2D eigenvalue weighted by molar-refractivity contribution is 6.25. The van der Waals surface area contributed by atoms with Crippen molar-refractivity contribution in [2.75, 3.05) is 18.4 Å². The number of piperidine rings is 1. The van der Waals surface area contributed by atoms with Crippen LogP contribution >= 0.6 is 0 Å². The van der Waals surface area contributed by atoms with Gasteiger partial charge in [0.15, 0.2) is 5.78 Å². The van der Waals surface area contributed by atoms with Crippen LogP contribution in [0.2, 0.25) is 0 Å². The normalized spacial score (nSPS) is 21.2. The van der Waals surface area contributed by atoms with Crippen molar-refractivity contribution in [2.45, 2.75) is 65.1 Å². The molecule has 2 amide bonds. The maximum absolute atomic E-state index is 13.3. The molecule has 3 aliphatic rings. The van der Waals surface area contributed by atoms with Gasteiger partial charge in [0.05, 0.1) is 23.6 Å². The van der Waals surface area contributed by atoms with Crippen molar-refractivity contribution in [3.8, 4) is 0 Å². The second kappa shape index (κ2) is 10.6. The zero-order valence-electron chi connectivity index (χ0n) is 21.7. The van der Waals surface area contributed by atoms with Gasteiger partial charge >= 0.3 is 0 Å². The SMILES string of the molecule is CC(C)C1CCN(Cc2ccc(CNc3cccc4c3C(=O)N(C3CCC(=O)CC3=O)C4=O)cc2)CC1. The van der Waals surface area contributed by atoms with Gasteiger partial charge in [0.1, 0.15) is 5.78 Å². The topological polar surface area (TPSA) is 86.8 Å². The molecule has 0 radical (unpaired) electrons. The number of carbonyl (C=O) groups is 4. The van der Waals surface area contributed by atoms with Gasteiger partial charge in [-0.1, -0.05) is 44.2 Å². The Kier molecular flexibility index (Phi) is 7.24. The van der Waals surface area contributed by atoms with Crippen LogP contribution in [-0.2, 0) is 22.7 Å². The van der Waals surface area contributed by atoms with Gasteiger partial charge in [0.2, 0.25) is 0 Å². The van der Waals surface area contributed by atoms with Gasteiger partial charge < -0.3 is 5.32 Å². The van der Waals surface area contributed by atoms with Crippen molar-refractivity contribution in [1.29, 1.82) is 0 Å². The quantitative estimate of drug-likeness (QED) is 0.446. The molecule has 7 heteroatoms. The second-order valence-electron chi connectivity index (χ2n) is 11.0. The van der Waals surface area contributed by atoms with Crippen molar-refractivity contribution in [3.05, 3.63) is 64.7 Å². The summed E-state index contributed by atoms with van der Waals surface area (Å²) in [5.74, 6) is 0.180. The summed E-state index contributed by atoms with van der Waals surface area (Å²) in [7, 11) is 0. The van der Waals surface area contributed by atoms with Crippen molar-refractivity contribution in [2.24, 2.45) is 11.8 Å². The molecule has 1 atom stereocenters. The van der Waals surface area contributed by atoms with Crippen LogP contribution in [0.4, 0.5) is 5.69 Å². The largest absolute Gasteiger partial charge is 0.380 e. The standard InChI is InChI=1S/C30H35N3O4/c1-19(2)22-12-14-32(15-13-22)18-21-8-6-20(7-9-21)17-31-25-5-3-4-24-28(25)30(37)33(29(24)36)26-11-10-23(34)16-27(26)35/h3-9,19,22,26,31H,10-18H2,1-2H3. The number of hydrogen-bond donors (Lipinski definition) is 1. The average Bonchev–Trinajstić information content (AvgIpc) is 3.14. The number of imide groups is 1. The number of rotatable bonds is 7. The number of fused-ring (bicyclic) bond motifs is 1. The molecule has 1 aliphatic carbocycles. The molecule has 2 fully saturated rings. The number of nitrogens with one attached hydrogen (secondary N) is 1. The van der Waals surface area contributed by atoms with Gasteiger partial charge in [-0.15, -0.1) is 0 Å². The monoisotopic (exact) mass is 501 g/mol. The molecule has 0 bridgehead atoms. The van der Waals surface area contributed by atoms with Crippen LogP contribution in [0.5, 0.6) is 0 Å². The van der Waals surface area contributed by atoms with Gasteiger partial charge in [-0.2, -0.15) is 0 Å². The summed E-state index contributed by atoms with van der Waals surface area (Å²) in [6, 6.07) is 12.8. The Hall–Kier alpha value is -3.32. The number of hydrogen-bond acceptors (Lipinski definition) is 6. The molecule has 2 aliphatic heterocycles. The van der Waals surface area contributed by atoms with E-state index in [-0.39, 0.29) is 30.8 Å². The van der Waals surface area contributed by atoms with E-state index in [1.54, 1.807) is 18.2 Å². The van der Waals surface area contributed by atoms with Gasteiger partial charge in [-0.25, -0.2) is 0 Å². The van der Waals surface area contributed by atoms with Crippen LogP contribution in [0.1, 0.15) is 77.8 Å². The number of amides is 2. The van der Waals surface area contributed by atoms with Gasteiger partial charge in [0.25, 0.3) is 11.8 Å². The second-order valence-corrected chi connectivity index (χ2v) is 11.0. The molecule has 1 saturated carbocycles. The van der Waals surface area contributed by atoms with Crippen molar-refractivity contribution < 1.29 is 19.2 Å². The maximum atomic E-state index is 13.3. The third-order valence-electron chi connectivity index (χ3n) is 8.18. The molecule has 0 aromatic heterocycles. The minimum Gasteiger partial charge on any atom is -0.380 e. The van der Waals surface area contributed by atoms with Crippen LogP contribution in [0.25, 0.3) is 0 Å². The summed E-state index contributed by atoms with van der Waals surface area (Å²) in [5, 5.41) is 3.32. The first-order chi connectivity index (χ1) is 17.8. The zero-order valence-corrected chi connectivity index (χ0v) is 21.7. The molecule has 1 unspecified atom stereocenters. The van der Waals surface area contributed by atoms with Gasteiger partial charge in [-0.3, -0.25) is 29.0 Å². The Morgan fingerprint density at radius 1 is 0.892 bits per heavy atom. The van der Waals surface area contributed by atoms with E-state index >= 15 is 0 Å². The first kappa shape index (κ1) is 25.3. The number of benzene rings is 2. The highest BCUT2D eigenvalue weighted by Gasteiger charge is 2.45. The number of ketones is 2. The number of carbonyl (C=O) groups excluding carboxylic acids is 4. The number of Topliss-reactive ketones (excluding diaryl/α,β-unsaturated/α-hetero) is 2. The van der Waals surface area contributed by atoms with Crippen molar-refractivity contribution in [3.63, 3.8) is 0 Å². The molecule has 1 N–H and O–H groups in total. The third kappa shape index (κ3) is 5.23. The van der Waals surface area contributed by atoms with E-state index in [2.05, 4.69) is 48.3 Å². The Morgan fingerprint density at radius 3 is 2.27 bits per heavy atom. The summed E-state index contributed by atoms with van der Waals surface area (Å²) < 4.78 is 0. The van der Waals surface area contributed by atoms with Crippen LogP contribution in [-0.4, -0.2) is 52.3 Å². The number of nitrogens with zero attached hydrogens (tertiary/aromatic N) is 2. The van der Waals surface area contributed by atoms with Crippen molar-refractivity contribution >= 4 is 29.1 Å². The van der Waals surface area contributed by atoms with Crippen molar-refractivity contribution in [1.82, 2.24) is 9.80 Å². The summed E-state index contributed by atoms with van der Waals surface area (Å²) in [5.41, 5.74) is 3.55. The van der Waals surface area contributed by atoms with Crippen LogP contribution in [0.15, 0.2) is 42.5 Å². The lowest BCUT2D eigenvalue weighted by Crippen LogP contribution is -2.47. The molecule has 0 spiro atoms. The summed E-state index contributed by atoms with van der Waals surface area (Å²) in [4.78, 5) is 54.0. The number of anilines is 1. The minimum absolute atomic E-state index is 0.137. The van der Waals surface area contributed by atoms with E-state index < -0.39 is 17.9 Å². The van der Waals surface area contributed by atoms with E-state index in [9.17, 15) is 19.2 Å². The van der Waals surface area contributed by atoms with Crippen LogP contribution < -0.4 is 5.32 Å². The predicted octanol–water partition coefficient (Wildman–Crippen LogP) is 4.45. The molecule has 2 aromatic rings. The Bertz CT molecular complexity index is 1210. The molecular formula is C30H35N3O4. The molecule has 194 valence electrons. The minimum atomic E-state index is -0.860. The Balaban J connectivity index is 1.22. The average molecular weight is 502 g/mol. The van der Waals surface area contributed by atoms with E-state index in [0.29, 0.717) is 23.4 Å². The third-order valence-corrected chi connectivity index (χ3v) is 8.18. The summed E-state index contributed by atoms with van der Waals surface area (Å²) in [6.45, 7) is 8.41. The van der Waals surface area contributed by atoms with E-state index in [4.69, 9.17) is 0 Å². The molecule has 2 aromatic carbocycles. The molecule has 2 heterocycles. The Labute approximate surface area is 218 Å². The fourth-order valence-electron chi connectivity index (χ4n) is 5.86. The van der Waals surface area contributed by atoms with E-state index in [0.717, 1.165) is 41.9 Å². The highest BCUT2D eigenvalue weighted by atomic mass is 16.2. The van der Waals surface area contributed by atoms with E-state index in [1.165, 1.54) is 18.4 Å². The first-order valence-electron chi connectivity index (χ1n) is 13.4. The molecular weight excluding hydrogens is 466 g/mol. The zero-order chi connectivity index (χ0) is 26.1. The molecule has 7 nitrogen and oxygen atoms in total. The van der Waals surface area contributed by atoms with Gasteiger partial charge in [0, 0.05) is 25.2 Å². The summed E-state index contributed by atoms with van der Waals surface area (Å²) in [6.07, 6.45) is 2.74. The Morgan fingerprint density at radius 2 is 1.59 bits per heavy atom. The highest BCUT2D eigenvalue weighted by Crippen LogP contribution is 2.33. The molecule has 5 rings (SSSR count). The van der Waals surface area contributed by atoms with Crippen LogP contribution in [0, 0.1) is 11.8 Å². The molecule has 37 heavy (non-hydrogen) atoms. The first-order valence-corrected chi connectivity index (χ1v) is 13.4.